The van der Waals surface area contributed by atoms with E-state index in [1.165, 1.54) is 0 Å². The van der Waals surface area contributed by atoms with Crippen LogP contribution in [0.15, 0.2) is 0 Å². The molecule has 1 rings (SSSR count). The van der Waals surface area contributed by atoms with Gasteiger partial charge in [0.2, 0.25) is 5.88 Å². The van der Waals surface area contributed by atoms with Crippen molar-refractivity contribution in [3.8, 4) is 5.88 Å². The lowest BCUT2D eigenvalue weighted by atomic mass is 10.1. The van der Waals surface area contributed by atoms with Crippen molar-refractivity contribution in [3.63, 3.8) is 0 Å². The predicted octanol–water partition coefficient (Wildman–Crippen LogP) is 1.96. The monoisotopic (exact) mass is 168 g/mol. The van der Waals surface area contributed by atoms with Gasteiger partial charge in [-0.25, -0.2) is 4.68 Å². The Morgan fingerprint density at radius 2 is 1.75 bits per heavy atom. The molecule has 0 bridgehead atoms. The van der Waals surface area contributed by atoms with Crippen molar-refractivity contribution in [3.05, 3.63) is 11.3 Å². The number of aromatic hydroxyl groups is 1. The molecule has 0 aliphatic carbocycles. The molecule has 0 saturated heterocycles. The van der Waals surface area contributed by atoms with E-state index in [-0.39, 0.29) is 11.4 Å². The Labute approximate surface area is 73.0 Å². The summed E-state index contributed by atoms with van der Waals surface area (Å²) in [6.45, 7) is 9.81. The maximum absolute atomic E-state index is 9.65. The van der Waals surface area contributed by atoms with Crippen LogP contribution >= 0.6 is 0 Å². The number of aromatic nitrogens is 2. The second-order valence-corrected chi connectivity index (χ2v) is 4.12. The molecule has 3 heteroatoms. The van der Waals surface area contributed by atoms with Gasteiger partial charge in [0.05, 0.1) is 11.2 Å². The van der Waals surface area contributed by atoms with Crippen LogP contribution in [0.5, 0.6) is 5.88 Å². The fraction of sp³-hybridized carbons (Fsp3) is 0.667. The van der Waals surface area contributed by atoms with Gasteiger partial charge in [-0.2, -0.15) is 5.10 Å². The van der Waals surface area contributed by atoms with E-state index in [1.807, 2.05) is 34.6 Å². The van der Waals surface area contributed by atoms with E-state index < -0.39 is 0 Å². The minimum Gasteiger partial charge on any atom is -0.493 e. The number of nitrogens with zero attached hydrogens (tertiary/aromatic N) is 2. The van der Waals surface area contributed by atoms with Gasteiger partial charge in [0.1, 0.15) is 0 Å². The van der Waals surface area contributed by atoms with Crippen molar-refractivity contribution in [2.75, 3.05) is 0 Å². The molecular weight excluding hydrogens is 152 g/mol. The first-order chi connectivity index (χ1) is 5.34. The molecule has 0 radical (unpaired) electrons. The summed E-state index contributed by atoms with van der Waals surface area (Å²) in [6, 6.07) is 0. The molecule has 0 aromatic carbocycles. The largest absolute Gasteiger partial charge is 0.493 e. The first kappa shape index (κ1) is 9.10. The van der Waals surface area contributed by atoms with Crippen molar-refractivity contribution in [2.24, 2.45) is 0 Å². The highest BCUT2D eigenvalue weighted by molar-refractivity contribution is 5.28. The van der Waals surface area contributed by atoms with Gasteiger partial charge in [-0.15, -0.1) is 0 Å². The van der Waals surface area contributed by atoms with Gasteiger partial charge < -0.3 is 5.11 Å². The standard InChI is InChI=1S/C9H16N2O/c1-6-7(2)10-11(8(6)12)9(3,4)5/h12H,1-5H3. The van der Waals surface area contributed by atoms with Crippen LogP contribution in [0.1, 0.15) is 32.0 Å². The van der Waals surface area contributed by atoms with Gasteiger partial charge in [-0.05, 0) is 34.6 Å². The van der Waals surface area contributed by atoms with Crippen LogP contribution in [0.4, 0.5) is 0 Å². The van der Waals surface area contributed by atoms with Crippen molar-refractivity contribution in [2.45, 2.75) is 40.2 Å². The van der Waals surface area contributed by atoms with Crippen LogP contribution in [0, 0.1) is 13.8 Å². The summed E-state index contributed by atoms with van der Waals surface area (Å²) < 4.78 is 1.65. The van der Waals surface area contributed by atoms with Crippen LogP contribution in [-0.4, -0.2) is 14.9 Å². The van der Waals surface area contributed by atoms with E-state index in [9.17, 15) is 5.11 Å². The lowest BCUT2D eigenvalue weighted by Crippen LogP contribution is -2.22. The molecule has 0 unspecified atom stereocenters. The fourth-order valence-electron chi connectivity index (χ4n) is 1.06. The molecule has 1 heterocycles. The highest BCUT2D eigenvalue weighted by atomic mass is 16.3. The Kier molecular flexibility index (Phi) is 1.90. The van der Waals surface area contributed by atoms with Gasteiger partial charge >= 0.3 is 0 Å². The van der Waals surface area contributed by atoms with Gasteiger partial charge in [0, 0.05) is 5.56 Å². The van der Waals surface area contributed by atoms with E-state index in [2.05, 4.69) is 5.10 Å². The second-order valence-electron chi connectivity index (χ2n) is 4.12. The lowest BCUT2D eigenvalue weighted by Gasteiger charge is -2.19. The van der Waals surface area contributed by atoms with Crippen LogP contribution in [0.25, 0.3) is 0 Å². The molecule has 0 spiro atoms. The molecule has 1 aromatic rings. The zero-order valence-electron chi connectivity index (χ0n) is 8.34. The van der Waals surface area contributed by atoms with Gasteiger partial charge in [0.25, 0.3) is 0 Å². The zero-order valence-corrected chi connectivity index (χ0v) is 8.34. The maximum Gasteiger partial charge on any atom is 0.213 e. The molecule has 0 atom stereocenters. The molecule has 0 aliphatic heterocycles. The Hall–Kier alpha value is -0.990. The lowest BCUT2D eigenvalue weighted by molar-refractivity contribution is 0.293. The summed E-state index contributed by atoms with van der Waals surface area (Å²) in [6.07, 6.45) is 0. The van der Waals surface area contributed by atoms with Crippen LogP contribution in [0.3, 0.4) is 0 Å². The number of hydrogen-bond donors (Lipinski definition) is 1. The van der Waals surface area contributed by atoms with Crippen molar-refractivity contribution in [1.82, 2.24) is 9.78 Å². The molecule has 12 heavy (non-hydrogen) atoms. The third-order valence-electron chi connectivity index (χ3n) is 1.96. The van der Waals surface area contributed by atoms with Crippen LogP contribution < -0.4 is 0 Å². The Morgan fingerprint density at radius 1 is 1.25 bits per heavy atom. The maximum atomic E-state index is 9.65. The molecule has 0 amide bonds. The van der Waals surface area contributed by atoms with Crippen molar-refractivity contribution >= 4 is 0 Å². The first-order valence-electron chi connectivity index (χ1n) is 4.09. The zero-order chi connectivity index (χ0) is 9.52. The van der Waals surface area contributed by atoms with Gasteiger partial charge in [-0.3, -0.25) is 0 Å². The molecule has 0 saturated carbocycles. The minimum absolute atomic E-state index is 0.150. The first-order valence-corrected chi connectivity index (χ1v) is 4.09. The SMILES string of the molecule is Cc1nn(C(C)(C)C)c(O)c1C. The average Bonchev–Trinajstić information content (AvgIpc) is 2.15. The third-order valence-corrected chi connectivity index (χ3v) is 1.96. The highest BCUT2D eigenvalue weighted by Gasteiger charge is 2.20. The molecule has 3 nitrogen and oxygen atoms in total. The summed E-state index contributed by atoms with van der Waals surface area (Å²) in [5.41, 5.74) is 1.61. The van der Waals surface area contributed by atoms with E-state index in [1.54, 1.807) is 4.68 Å². The molecule has 0 fully saturated rings. The fourth-order valence-corrected chi connectivity index (χ4v) is 1.06. The summed E-state index contributed by atoms with van der Waals surface area (Å²) in [5.74, 6) is 0.278. The molecule has 1 N–H and O–H groups in total. The Bertz CT molecular complexity index is 294. The minimum atomic E-state index is -0.150. The van der Waals surface area contributed by atoms with E-state index in [0.29, 0.717) is 0 Å². The van der Waals surface area contributed by atoms with Crippen LogP contribution in [-0.2, 0) is 5.54 Å². The van der Waals surface area contributed by atoms with E-state index in [0.717, 1.165) is 11.3 Å². The normalized spacial score (nSPS) is 12.1. The quantitative estimate of drug-likeness (QED) is 0.643. The van der Waals surface area contributed by atoms with Crippen molar-refractivity contribution < 1.29 is 5.11 Å². The predicted molar refractivity (Wildman–Crippen MR) is 48.4 cm³/mol. The average molecular weight is 168 g/mol. The molecule has 0 aliphatic rings. The van der Waals surface area contributed by atoms with E-state index in [4.69, 9.17) is 0 Å². The summed E-state index contributed by atoms with van der Waals surface area (Å²) in [5, 5.41) is 13.9. The molecular formula is C9H16N2O. The number of hydrogen-bond acceptors (Lipinski definition) is 2. The summed E-state index contributed by atoms with van der Waals surface area (Å²) in [4.78, 5) is 0. The van der Waals surface area contributed by atoms with Gasteiger partial charge in [-0.1, -0.05) is 0 Å². The van der Waals surface area contributed by atoms with Crippen LogP contribution in [0.2, 0.25) is 0 Å². The molecule has 68 valence electrons. The Balaban J connectivity index is 3.28. The third kappa shape index (κ3) is 1.31. The van der Waals surface area contributed by atoms with E-state index >= 15 is 0 Å². The highest BCUT2D eigenvalue weighted by Crippen LogP contribution is 2.25. The smallest absolute Gasteiger partial charge is 0.213 e. The second kappa shape index (κ2) is 2.51. The Morgan fingerprint density at radius 3 is 1.92 bits per heavy atom. The summed E-state index contributed by atoms with van der Waals surface area (Å²) >= 11 is 0. The van der Waals surface area contributed by atoms with Gasteiger partial charge in [0.15, 0.2) is 0 Å². The summed E-state index contributed by atoms with van der Waals surface area (Å²) in [7, 11) is 0. The number of aryl methyl sites for hydroxylation is 1. The van der Waals surface area contributed by atoms with Crippen molar-refractivity contribution in [1.29, 1.82) is 0 Å². The topological polar surface area (TPSA) is 38.0 Å². The molecule has 1 aromatic heterocycles. The number of rotatable bonds is 0.